The maximum atomic E-state index is 9.40. The summed E-state index contributed by atoms with van der Waals surface area (Å²) in [4.78, 5) is 0. The number of hydrogen-bond donors (Lipinski definition) is 2. The van der Waals surface area contributed by atoms with Crippen LogP contribution in [-0.4, -0.2) is 36.6 Å². The first-order valence-corrected chi connectivity index (χ1v) is 8.19. The van der Waals surface area contributed by atoms with Gasteiger partial charge in [0, 0.05) is 13.2 Å². The highest BCUT2D eigenvalue weighted by molar-refractivity contribution is 5.73. The maximum absolute atomic E-state index is 9.40. The highest BCUT2D eigenvalue weighted by atomic mass is 16.5. The van der Waals surface area contributed by atoms with E-state index in [4.69, 9.17) is 4.74 Å². The lowest BCUT2D eigenvalue weighted by atomic mass is 9.80. The number of aliphatic hydroxyl groups excluding tert-OH is 2. The fourth-order valence-corrected chi connectivity index (χ4v) is 3.38. The van der Waals surface area contributed by atoms with Crippen LogP contribution in [0.25, 0.3) is 5.57 Å². The lowest BCUT2D eigenvalue weighted by Gasteiger charge is -2.26. The van der Waals surface area contributed by atoms with Crippen molar-refractivity contribution in [3.05, 3.63) is 40.0 Å². The third kappa shape index (κ3) is 3.60. The molecule has 0 aliphatic carbocycles. The van der Waals surface area contributed by atoms with Crippen molar-refractivity contribution in [2.75, 3.05) is 26.4 Å². The van der Waals surface area contributed by atoms with E-state index in [1.165, 1.54) is 33.4 Å². The largest absolute Gasteiger partial charge is 0.396 e. The van der Waals surface area contributed by atoms with Crippen LogP contribution in [0.3, 0.4) is 0 Å². The Morgan fingerprint density at radius 2 is 1.77 bits per heavy atom. The van der Waals surface area contributed by atoms with Gasteiger partial charge in [0.25, 0.3) is 0 Å². The summed E-state index contributed by atoms with van der Waals surface area (Å²) in [5.74, 6) is 0.201. The van der Waals surface area contributed by atoms with E-state index in [1.54, 1.807) is 0 Å². The zero-order valence-corrected chi connectivity index (χ0v) is 14.0. The molecule has 1 aromatic rings. The first-order chi connectivity index (χ1) is 10.6. The van der Waals surface area contributed by atoms with E-state index in [9.17, 15) is 10.2 Å². The molecule has 122 valence electrons. The fourth-order valence-electron chi connectivity index (χ4n) is 3.38. The van der Waals surface area contributed by atoms with Crippen LogP contribution in [0.5, 0.6) is 0 Å². The number of hydrogen-bond acceptors (Lipinski definition) is 3. The van der Waals surface area contributed by atoms with Gasteiger partial charge in [-0.05, 0) is 79.3 Å². The van der Waals surface area contributed by atoms with Crippen LogP contribution in [-0.2, 0) is 4.74 Å². The predicted octanol–water partition coefficient (Wildman–Crippen LogP) is 3.26. The van der Waals surface area contributed by atoms with Crippen LogP contribution < -0.4 is 0 Å². The van der Waals surface area contributed by atoms with Gasteiger partial charge in [0.15, 0.2) is 0 Å². The summed E-state index contributed by atoms with van der Waals surface area (Å²) < 4.78 is 5.45. The van der Waals surface area contributed by atoms with Crippen LogP contribution in [0.1, 0.15) is 53.0 Å². The molecule has 1 aromatic carbocycles. The molecule has 0 bridgehead atoms. The fraction of sp³-hybridized carbons (Fsp3) is 0.579. The molecule has 1 aliphatic rings. The topological polar surface area (TPSA) is 49.7 Å². The molecule has 2 rings (SSSR count). The second-order valence-corrected chi connectivity index (χ2v) is 6.18. The maximum Gasteiger partial charge on any atom is 0.0653 e. The van der Waals surface area contributed by atoms with Gasteiger partial charge in [0.1, 0.15) is 0 Å². The Morgan fingerprint density at radius 3 is 2.32 bits per heavy atom. The Bertz CT molecular complexity index is 540. The molecule has 1 aliphatic heterocycles. The minimum atomic E-state index is 0.151. The van der Waals surface area contributed by atoms with Gasteiger partial charge in [-0.3, -0.25) is 0 Å². The zero-order chi connectivity index (χ0) is 16.1. The molecule has 0 aromatic heterocycles. The lowest BCUT2D eigenvalue weighted by Crippen LogP contribution is -2.13. The molecule has 0 amide bonds. The minimum Gasteiger partial charge on any atom is -0.396 e. The van der Waals surface area contributed by atoms with Gasteiger partial charge in [-0.25, -0.2) is 0 Å². The first-order valence-electron chi connectivity index (χ1n) is 8.19. The average Bonchev–Trinajstić information content (AvgIpc) is 2.53. The van der Waals surface area contributed by atoms with Crippen LogP contribution in [0, 0.1) is 20.8 Å². The highest BCUT2D eigenvalue weighted by Gasteiger charge is 2.21. The summed E-state index contributed by atoms with van der Waals surface area (Å²) in [5.41, 5.74) is 7.88. The summed E-state index contributed by atoms with van der Waals surface area (Å²) >= 11 is 0. The number of ether oxygens (including phenoxy) is 1. The summed E-state index contributed by atoms with van der Waals surface area (Å²) in [6.45, 7) is 8.24. The monoisotopic (exact) mass is 304 g/mol. The van der Waals surface area contributed by atoms with Crippen LogP contribution in [0.2, 0.25) is 0 Å². The standard InChI is InChI=1S/C19H28O3/c1-13-12-18(16(4-8-20)5-9-21)19(15(3)14(13)2)17-6-10-22-11-7-17/h6,12,16,20-21H,4-5,7-11H2,1-3H3. The van der Waals surface area contributed by atoms with Crippen molar-refractivity contribution in [2.24, 2.45) is 0 Å². The van der Waals surface area contributed by atoms with Gasteiger partial charge in [-0.15, -0.1) is 0 Å². The summed E-state index contributed by atoms with van der Waals surface area (Å²) in [6, 6.07) is 2.25. The van der Waals surface area contributed by atoms with Crippen molar-refractivity contribution < 1.29 is 14.9 Å². The zero-order valence-electron chi connectivity index (χ0n) is 14.0. The van der Waals surface area contributed by atoms with Crippen molar-refractivity contribution in [2.45, 2.75) is 46.0 Å². The Morgan fingerprint density at radius 1 is 1.09 bits per heavy atom. The van der Waals surface area contributed by atoms with Crippen molar-refractivity contribution in [3.8, 4) is 0 Å². The van der Waals surface area contributed by atoms with E-state index in [2.05, 4.69) is 32.9 Å². The van der Waals surface area contributed by atoms with Crippen molar-refractivity contribution in [1.29, 1.82) is 0 Å². The van der Waals surface area contributed by atoms with Gasteiger partial charge in [-0.2, -0.15) is 0 Å². The molecular weight excluding hydrogens is 276 g/mol. The second kappa shape index (κ2) is 7.91. The minimum absolute atomic E-state index is 0.151. The molecule has 0 saturated heterocycles. The van der Waals surface area contributed by atoms with E-state index in [1.807, 2.05) is 0 Å². The molecule has 0 atom stereocenters. The number of aliphatic hydroxyl groups is 2. The van der Waals surface area contributed by atoms with Gasteiger partial charge in [0.2, 0.25) is 0 Å². The van der Waals surface area contributed by atoms with E-state index < -0.39 is 0 Å². The van der Waals surface area contributed by atoms with Crippen molar-refractivity contribution >= 4 is 5.57 Å². The molecule has 1 heterocycles. The second-order valence-electron chi connectivity index (χ2n) is 6.18. The molecule has 22 heavy (non-hydrogen) atoms. The quantitative estimate of drug-likeness (QED) is 0.848. The molecule has 0 saturated carbocycles. The number of rotatable bonds is 6. The number of benzene rings is 1. The van der Waals surface area contributed by atoms with Gasteiger partial charge in [-0.1, -0.05) is 12.1 Å². The number of aryl methyl sites for hydroxylation is 1. The van der Waals surface area contributed by atoms with Gasteiger partial charge >= 0.3 is 0 Å². The third-order valence-electron chi connectivity index (χ3n) is 4.87. The molecule has 2 N–H and O–H groups in total. The van der Waals surface area contributed by atoms with E-state index in [0.717, 1.165) is 13.0 Å². The lowest BCUT2D eigenvalue weighted by molar-refractivity contribution is 0.161. The Kier molecular flexibility index (Phi) is 6.18. The van der Waals surface area contributed by atoms with Crippen molar-refractivity contribution in [1.82, 2.24) is 0 Å². The Labute approximate surface area is 133 Å². The average molecular weight is 304 g/mol. The van der Waals surface area contributed by atoms with Crippen LogP contribution >= 0.6 is 0 Å². The Hall–Kier alpha value is -1.16. The molecular formula is C19H28O3. The third-order valence-corrected chi connectivity index (χ3v) is 4.87. The first kappa shape index (κ1) is 17.2. The molecule has 3 nitrogen and oxygen atoms in total. The molecule has 0 spiro atoms. The SMILES string of the molecule is Cc1cc(C(CCO)CCO)c(C2=CCOCC2)c(C)c1C. The normalized spacial score (nSPS) is 15.3. The smallest absolute Gasteiger partial charge is 0.0653 e. The summed E-state index contributed by atoms with van der Waals surface area (Å²) in [7, 11) is 0. The predicted molar refractivity (Wildman–Crippen MR) is 90.2 cm³/mol. The van der Waals surface area contributed by atoms with Gasteiger partial charge < -0.3 is 14.9 Å². The molecule has 0 radical (unpaired) electrons. The molecule has 3 heteroatoms. The molecule has 0 fully saturated rings. The van der Waals surface area contributed by atoms with E-state index in [-0.39, 0.29) is 19.1 Å². The van der Waals surface area contributed by atoms with Crippen LogP contribution in [0.4, 0.5) is 0 Å². The van der Waals surface area contributed by atoms with Crippen molar-refractivity contribution in [3.63, 3.8) is 0 Å². The summed E-state index contributed by atoms with van der Waals surface area (Å²) in [6.07, 6.45) is 4.50. The van der Waals surface area contributed by atoms with Gasteiger partial charge in [0.05, 0.1) is 13.2 Å². The van der Waals surface area contributed by atoms with E-state index in [0.29, 0.717) is 19.4 Å². The van der Waals surface area contributed by atoms with Crippen LogP contribution in [0.15, 0.2) is 12.1 Å². The highest BCUT2D eigenvalue weighted by Crippen LogP contribution is 2.37. The van der Waals surface area contributed by atoms with E-state index >= 15 is 0 Å². The summed E-state index contributed by atoms with van der Waals surface area (Å²) in [5, 5.41) is 18.8. The molecule has 0 unspecified atom stereocenters. The Balaban J connectivity index is 2.57.